The van der Waals surface area contributed by atoms with E-state index in [0.717, 1.165) is 11.3 Å². The predicted octanol–water partition coefficient (Wildman–Crippen LogP) is 7.33. The molecule has 0 aliphatic heterocycles. The van der Waals surface area contributed by atoms with Gasteiger partial charge in [-0.1, -0.05) is 53.5 Å². The van der Waals surface area contributed by atoms with Crippen molar-refractivity contribution in [3.63, 3.8) is 0 Å². The first-order chi connectivity index (χ1) is 14.1. The van der Waals surface area contributed by atoms with E-state index in [2.05, 4.69) is 4.98 Å². The van der Waals surface area contributed by atoms with Crippen molar-refractivity contribution in [3.8, 4) is 28.7 Å². The number of allylic oxidation sites excluding steroid dienone is 1. The molecule has 0 aliphatic carbocycles. The maximum absolute atomic E-state index is 10.7. The van der Waals surface area contributed by atoms with E-state index in [1.165, 1.54) is 11.3 Å². The van der Waals surface area contributed by atoms with Crippen LogP contribution in [0.15, 0.2) is 70.5 Å². The largest absolute Gasteiger partial charge is 0.503 e. The number of hydrogen-bond acceptors (Lipinski definition) is 5. The van der Waals surface area contributed by atoms with Gasteiger partial charge in [0.15, 0.2) is 11.5 Å². The Balaban J connectivity index is 1.71. The number of benzene rings is 2. The number of thiazole rings is 1. The molecule has 0 atom stereocenters. The summed E-state index contributed by atoms with van der Waals surface area (Å²) in [6, 6.07) is 19.9. The lowest BCUT2D eigenvalue weighted by Crippen LogP contribution is -1.89. The smallest absolute Gasteiger partial charge is 0.179 e. The third-order valence-corrected chi connectivity index (χ3v) is 5.59. The van der Waals surface area contributed by atoms with Crippen LogP contribution in [0.25, 0.3) is 33.9 Å². The number of aromatic nitrogens is 1. The van der Waals surface area contributed by atoms with E-state index in [-0.39, 0.29) is 17.1 Å². The van der Waals surface area contributed by atoms with E-state index >= 15 is 0 Å². The van der Waals surface area contributed by atoms with Crippen LogP contribution in [0.1, 0.15) is 10.8 Å². The molecule has 2 aromatic heterocycles. The molecule has 1 N–H and O–H groups in total. The number of nitrogens with zero attached hydrogens (tertiary/aromatic N) is 2. The number of aliphatic hydroxyl groups is 1. The summed E-state index contributed by atoms with van der Waals surface area (Å²) in [4.78, 5) is 4.49. The average Bonchev–Trinajstić information content (AvgIpc) is 3.41. The van der Waals surface area contributed by atoms with Gasteiger partial charge in [0.05, 0.1) is 10.7 Å². The molecule has 0 saturated heterocycles. The Bertz CT molecular complexity index is 1250. The van der Waals surface area contributed by atoms with Crippen LogP contribution >= 0.6 is 34.5 Å². The van der Waals surface area contributed by atoms with Crippen LogP contribution in [0.2, 0.25) is 10.0 Å². The first-order valence-electron chi connectivity index (χ1n) is 8.47. The molecule has 0 radical (unpaired) electrons. The number of hydrogen-bond donors (Lipinski definition) is 1. The third kappa shape index (κ3) is 3.92. The lowest BCUT2D eigenvalue weighted by atomic mass is 10.1. The molecular weight excluding hydrogens is 427 g/mol. The molecule has 0 fully saturated rings. The molecule has 7 heteroatoms. The van der Waals surface area contributed by atoms with E-state index in [0.29, 0.717) is 26.4 Å². The zero-order valence-corrected chi connectivity index (χ0v) is 17.1. The van der Waals surface area contributed by atoms with Crippen LogP contribution in [0.5, 0.6) is 0 Å². The van der Waals surface area contributed by atoms with Gasteiger partial charge in [-0.2, -0.15) is 5.26 Å². The highest BCUT2D eigenvalue weighted by molar-refractivity contribution is 7.11. The third-order valence-electron chi connectivity index (χ3n) is 4.17. The summed E-state index contributed by atoms with van der Waals surface area (Å²) < 4.78 is 5.74. The van der Waals surface area contributed by atoms with Gasteiger partial charge in [0.25, 0.3) is 0 Å². The van der Waals surface area contributed by atoms with Crippen molar-refractivity contribution in [1.29, 1.82) is 5.26 Å². The van der Waals surface area contributed by atoms with E-state index in [4.69, 9.17) is 27.6 Å². The first kappa shape index (κ1) is 19.3. The number of aliphatic hydroxyl groups excluding tert-OH is 1. The summed E-state index contributed by atoms with van der Waals surface area (Å²) in [6.07, 6.45) is 0. The Kier molecular flexibility index (Phi) is 5.41. The van der Waals surface area contributed by atoms with Crippen LogP contribution in [0, 0.1) is 11.3 Å². The van der Waals surface area contributed by atoms with Crippen LogP contribution in [0.4, 0.5) is 0 Å². The fraction of sp³-hybridized carbons (Fsp3) is 0. The first-order valence-corrected chi connectivity index (χ1v) is 10.1. The van der Waals surface area contributed by atoms with E-state index < -0.39 is 0 Å². The molecule has 0 unspecified atom stereocenters. The summed E-state index contributed by atoms with van der Waals surface area (Å²) in [5.41, 5.74) is 2.30. The Hall–Kier alpha value is -3.04. The van der Waals surface area contributed by atoms with Crippen LogP contribution < -0.4 is 0 Å². The van der Waals surface area contributed by atoms with E-state index in [1.54, 1.807) is 30.3 Å². The van der Waals surface area contributed by atoms with Gasteiger partial charge in [0.2, 0.25) is 0 Å². The molecule has 0 amide bonds. The molecule has 2 aromatic carbocycles. The van der Waals surface area contributed by atoms with Gasteiger partial charge in [0, 0.05) is 21.5 Å². The van der Waals surface area contributed by atoms with Gasteiger partial charge in [-0.15, -0.1) is 11.3 Å². The molecule has 4 rings (SSSR count). The Labute approximate surface area is 180 Å². The number of nitriles is 1. The quantitative estimate of drug-likeness (QED) is 0.267. The molecule has 4 aromatic rings. The number of halogens is 2. The molecule has 0 spiro atoms. The molecular formula is C22H12Cl2N2O2S. The lowest BCUT2D eigenvalue weighted by molar-refractivity contribution is 0.466. The van der Waals surface area contributed by atoms with Gasteiger partial charge >= 0.3 is 0 Å². The monoisotopic (exact) mass is 438 g/mol. The molecule has 29 heavy (non-hydrogen) atoms. The van der Waals surface area contributed by atoms with Gasteiger partial charge in [-0.05, 0) is 30.3 Å². The minimum Gasteiger partial charge on any atom is -0.503 e. The van der Waals surface area contributed by atoms with Gasteiger partial charge in [0.1, 0.15) is 22.4 Å². The summed E-state index contributed by atoms with van der Waals surface area (Å²) in [5, 5.41) is 23.5. The minimum atomic E-state index is -0.286. The highest BCUT2D eigenvalue weighted by Gasteiger charge is 2.19. The van der Waals surface area contributed by atoms with E-state index in [1.807, 2.05) is 41.8 Å². The van der Waals surface area contributed by atoms with Crippen LogP contribution in [-0.4, -0.2) is 10.1 Å². The fourth-order valence-electron chi connectivity index (χ4n) is 2.75. The average molecular weight is 439 g/mol. The van der Waals surface area contributed by atoms with Crippen molar-refractivity contribution in [2.75, 3.05) is 0 Å². The van der Waals surface area contributed by atoms with Gasteiger partial charge in [-0.3, -0.25) is 0 Å². The summed E-state index contributed by atoms with van der Waals surface area (Å²) in [5.74, 6) is 0.287. The lowest BCUT2D eigenvalue weighted by Gasteiger charge is -2.02. The molecule has 0 saturated carbocycles. The SMILES string of the molecule is N#CC(=C(O)c1ccc(-c2cc(Cl)ccc2Cl)o1)c1nc(-c2ccccc2)cs1. The molecule has 4 nitrogen and oxygen atoms in total. The molecule has 142 valence electrons. The summed E-state index contributed by atoms with van der Waals surface area (Å²) in [6.45, 7) is 0. The van der Waals surface area contributed by atoms with Gasteiger partial charge in [-0.25, -0.2) is 4.98 Å². The highest BCUT2D eigenvalue weighted by Crippen LogP contribution is 2.35. The Morgan fingerprint density at radius 1 is 1.07 bits per heavy atom. The van der Waals surface area contributed by atoms with E-state index in [9.17, 15) is 10.4 Å². The van der Waals surface area contributed by atoms with Crippen molar-refractivity contribution in [1.82, 2.24) is 4.98 Å². The molecule has 2 heterocycles. The maximum Gasteiger partial charge on any atom is 0.179 e. The van der Waals surface area contributed by atoms with Crippen LogP contribution in [-0.2, 0) is 0 Å². The molecule has 0 aliphatic rings. The highest BCUT2D eigenvalue weighted by atomic mass is 35.5. The Morgan fingerprint density at radius 3 is 2.62 bits per heavy atom. The van der Waals surface area contributed by atoms with Crippen molar-refractivity contribution in [3.05, 3.63) is 86.9 Å². The predicted molar refractivity (Wildman–Crippen MR) is 117 cm³/mol. The number of rotatable bonds is 4. The molecule has 0 bridgehead atoms. The summed E-state index contributed by atoms with van der Waals surface area (Å²) >= 11 is 13.5. The Morgan fingerprint density at radius 2 is 1.86 bits per heavy atom. The minimum absolute atomic E-state index is 0.0373. The maximum atomic E-state index is 10.7. The standard InChI is InChI=1S/C22H12Cl2N2O2S/c23-14-6-7-17(24)15(10-14)19-8-9-20(28-19)21(27)16(11-25)22-26-18(12-29-22)13-4-2-1-3-5-13/h1-10,12,27H. The second-order valence-electron chi connectivity index (χ2n) is 6.03. The normalized spacial score (nSPS) is 11.8. The topological polar surface area (TPSA) is 70.0 Å². The van der Waals surface area contributed by atoms with Crippen LogP contribution in [0.3, 0.4) is 0 Å². The summed E-state index contributed by atoms with van der Waals surface area (Å²) in [7, 11) is 0. The van der Waals surface area contributed by atoms with Gasteiger partial charge < -0.3 is 9.52 Å². The van der Waals surface area contributed by atoms with Crippen molar-refractivity contribution < 1.29 is 9.52 Å². The zero-order chi connectivity index (χ0) is 20.4. The zero-order valence-electron chi connectivity index (χ0n) is 14.8. The number of furan rings is 1. The van der Waals surface area contributed by atoms with Crippen molar-refractivity contribution in [2.45, 2.75) is 0 Å². The second-order valence-corrected chi connectivity index (χ2v) is 7.73. The van der Waals surface area contributed by atoms with Crippen molar-refractivity contribution in [2.24, 2.45) is 0 Å². The van der Waals surface area contributed by atoms with Crippen molar-refractivity contribution >= 4 is 45.9 Å². The fourth-order valence-corrected chi connectivity index (χ4v) is 3.96. The second kappa shape index (κ2) is 8.14.